The van der Waals surface area contributed by atoms with Gasteiger partial charge in [-0.3, -0.25) is 0 Å². The molecule has 0 spiro atoms. The van der Waals surface area contributed by atoms with E-state index in [2.05, 4.69) is 19.6 Å². The van der Waals surface area contributed by atoms with Gasteiger partial charge in [0, 0.05) is 17.8 Å². The highest BCUT2D eigenvalue weighted by molar-refractivity contribution is 6.20. The van der Waals surface area contributed by atoms with E-state index in [4.69, 9.17) is 5.41 Å². The fraction of sp³-hybridized carbons (Fsp3) is 0.231. The molecular formula is C13H17N2+. The van der Waals surface area contributed by atoms with Crippen LogP contribution < -0.4 is 4.57 Å². The highest BCUT2D eigenvalue weighted by atomic mass is 14.9. The molecule has 0 bridgehead atoms. The molecule has 1 aromatic heterocycles. The van der Waals surface area contributed by atoms with Crippen LogP contribution in [0, 0.1) is 5.41 Å². The van der Waals surface area contributed by atoms with Gasteiger partial charge in [0.25, 0.3) is 0 Å². The lowest BCUT2D eigenvalue weighted by Crippen LogP contribution is -2.31. The predicted octanol–water partition coefficient (Wildman–Crippen LogP) is 2.91. The first-order chi connectivity index (χ1) is 7.20. The number of allylic oxidation sites excluding steroid dienone is 2. The van der Waals surface area contributed by atoms with Crippen LogP contribution in [-0.4, -0.2) is 5.71 Å². The third-order valence-corrected chi connectivity index (χ3v) is 2.17. The van der Waals surface area contributed by atoms with E-state index in [0.717, 1.165) is 17.7 Å². The summed E-state index contributed by atoms with van der Waals surface area (Å²) in [7, 11) is 0. The Bertz CT molecular complexity index is 403. The van der Waals surface area contributed by atoms with Gasteiger partial charge in [-0.1, -0.05) is 13.0 Å². The Balaban J connectivity index is 3.28. The maximum Gasteiger partial charge on any atom is 0.219 e. The summed E-state index contributed by atoms with van der Waals surface area (Å²) in [5.74, 6) is 0. The first kappa shape index (κ1) is 11.4. The number of pyridine rings is 1. The molecule has 0 unspecified atom stereocenters. The minimum Gasteiger partial charge on any atom is -0.305 e. The number of hydrogen-bond acceptors (Lipinski definition) is 1. The van der Waals surface area contributed by atoms with Crippen molar-refractivity contribution in [1.82, 2.24) is 0 Å². The van der Waals surface area contributed by atoms with E-state index in [1.165, 1.54) is 0 Å². The molecule has 0 aliphatic heterocycles. The van der Waals surface area contributed by atoms with E-state index in [9.17, 15) is 0 Å². The topological polar surface area (TPSA) is 27.7 Å². The van der Waals surface area contributed by atoms with E-state index < -0.39 is 0 Å². The second kappa shape index (κ2) is 5.25. The lowest BCUT2D eigenvalue weighted by molar-refractivity contribution is -0.570. The van der Waals surface area contributed by atoms with Crippen molar-refractivity contribution in [3.63, 3.8) is 0 Å². The molecule has 0 aliphatic carbocycles. The molecule has 1 N–H and O–H groups in total. The largest absolute Gasteiger partial charge is 0.305 e. The van der Waals surface area contributed by atoms with Gasteiger partial charge in [-0.15, -0.1) is 0 Å². The predicted molar refractivity (Wildman–Crippen MR) is 64.7 cm³/mol. The average Bonchev–Trinajstić information content (AvgIpc) is 2.25. The molecule has 0 aromatic carbocycles. The van der Waals surface area contributed by atoms with Crippen LogP contribution in [0.1, 0.15) is 26.0 Å². The molecule has 15 heavy (non-hydrogen) atoms. The zero-order chi connectivity index (χ0) is 11.3. The number of hydrogen-bond donors (Lipinski definition) is 1. The molecular weight excluding hydrogens is 184 g/mol. The van der Waals surface area contributed by atoms with Crippen molar-refractivity contribution in [2.24, 2.45) is 0 Å². The van der Waals surface area contributed by atoms with Crippen LogP contribution >= 0.6 is 0 Å². The van der Waals surface area contributed by atoms with Gasteiger partial charge in [-0.25, -0.2) is 0 Å². The zero-order valence-corrected chi connectivity index (χ0v) is 9.33. The molecule has 1 aromatic rings. The second-order valence-electron chi connectivity index (χ2n) is 3.33. The van der Waals surface area contributed by atoms with Gasteiger partial charge in [-0.05, 0) is 26.0 Å². The smallest absolute Gasteiger partial charge is 0.219 e. The number of nitrogens with one attached hydrogen (secondary N) is 1. The van der Waals surface area contributed by atoms with E-state index >= 15 is 0 Å². The highest BCUT2D eigenvalue weighted by Crippen LogP contribution is 2.12. The first-order valence-electron chi connectivity index (χ1n) is 5.09. The van der Waals surface area contributed by atoms with E-state index in [-0.39, 0.29) is 0 Å². The Morgan fingerprint density at radius 1 is 1.53 bits per heavy atom. The maximum absolute atomic E-state index is 7.75. The summed E-state index contributed by atoms with van der Waals surface area (Å²) in [6.07, 6.45) is 6.69. The van der Waals surface area contributed by atoms with E-state index in [1.807, 2.05) is 35.9 Å². The normalized spacial score (nSPS) is 11.2. The summed E-state index contributed by atoms with van der Waals surface area (Å²) in [5.41, 5.74) is 2.57. The van der Waals surface area contributed by atoms with Crippen molar-refractivity contribution in [3.05, 3.63) is 42.7 Å². The Kier molecular flexibility index (Phi) is 3.98. The molecule has 0 saturated heterocycles. The molecule has 0 aliphatic rings. The van der Waals surface area contributed by atoms with Crippen molar-refractivity contribution in [2.75, 3.05) is 0 Å². The van der Waals surface area contributed by atoms with Crippen molar-refractivity contribution in [3.8, 4) is 0 Å². The lowest BCUT2D eigenvalue weighted by atomic mass is 10.1. The zero-order valence-electron chi connectivity index (χ0n) is 9.33. The van der Waals surface area contributed by atoms with Crippen molar-refractivity contribution in [2.45, 2.75) is 20.3 Å². The molecule has 1 rings (SSSR count). The van der Waals surface area contributed by atoms with Crippen LogP contribution in [0.3, 0.4) is 0 Å². The van der Waals surface area contributed by atoms with Crippen LogP contribution in [0.25, 0.3) is 11.8 Å². The molecule has 1 heterocycles. The molecule has 2 heteroatoms. The quantitative estimate of drug-likeness (QED) is 0.573. The molecule has 0 amide bonds. The molecule has 0 radical (unpaired) electrons. The summed E-state index contributed by atoms with van der Waals surface area (Å²) in [6.45, 7) is 7.64. The molecule has 0 fully saturated rings. The first-order valence-corrected chi connectivity index (χ1v) is 5.09. The van der Waals surface area contributed by atoms with Crippen molar-refractivity contribution in [1.29, 1.82) is 5.41 Å². The summed E-state index contributed by atoms with van der Waals surface area (Å²) in [5, 5.41) is 7.75. The molecule has 78 valence electrons. The summed E-state index contributed by atoms with van der Waals surface area (Å²) in [6, 6.07) is 5.93. The Morgan fingerprint density at radius 3 is 2.80 bits per heavy atom. The third kappa shape index (κ3) is 2.62. The summed E-state index contributed by atoms with van der Waals surface area (Å²) < 4.78 is 1.93. The fourth-order valence-corrected chi connectivity index (χ4v) is 1.50. The standard InChI is InChI=1S/C13H17N2/c1-4-8-12(11(3)14)13-9-6-7-10-15(13)5-2/h5-10,14H,2,4H2,1,3H3/q+1/b12-8+,14-11?. The van der Waals surface area contributed by atoms with Crippen LogP contribution in [-0.2, 0) is 0 Å². The van der Waals surface area contributed by atoms with Gasteiger partial charge in [0.15, 0.2) is 12.4 Å². The van der Waals surface area contributed by atoms with Gasteiger partial charge in [0.2, 0.25) is 5.69 Å². The van der Waals surface area contributed by atoms with E-state index in [1.54, 1.807) is 6.20 Å². The number of aromatic nitrogens is 1. The van der Waals surface area contributed by atoms with Gasteiger partial charge < -0.3 is 5.41 Å². The molecule has 0 saturated carbocycles. The van der Waals surface area contributed by atoms with Crippen LogP contribution in [0.15, 0.2) is 37.1 Å². The van der Waals surface area contributed by atoms with Crippen LogP contribution in [0.5, 0.6) is 0 Å². The van der Waals surface area contributed by atoms with Gasteiger partial charge >= 0.3 is 0 Å². The molecule has 0 atom stereocenters. The second-order valence-corrected chi connectivity index (χ2v) is 3.33. The average molecular weight is 201 g/mol. The van der Waals surface area contributed by atoms with Gasteiger partial charge in [0.05, 0.1) is 5.57 Å². The maximum atomic E-state index is 7.75. The minimum absolute atomic E-state index is 0.582. The monoisotopic (exact) mass is 201 g/mol. The highest BCUT2D eigenvalue weighted by Gasteiger charge is 2.13. The van der Waals surface area contributed by atoms with Gasteiger partial charge in [-0.2, -0.15) is 4.57 Å². The van der Waals surface area contributed by atoms with E-state index in [0.29, 0.717) is 5.71 Å². The Labute approximate surface area is 91.1 Å². The lowest BCUT2D eigenvalue weighted by Gasteiger charge is -2.03. The summed E-state index contributed by atoms with van der Waals surface area (Å²) in [4.78, 5) is 0. The fourth-order valence-electron chi connectivity index (χ4n) is 1.50. The third-order valence-electron chi connectivity index (χ3n) is 2.17. The Morgan fingerprint density at radius 2 is 2.27 bits per heavy atom. The van der Waals surface area contributed by atoms with Crippen LogP contribution in [0.2, 0.25) is 0 Å². The van der Waals surface area contributed by atoms with Crippen molar-refractivity contribution >= 4 is 17.5 Å². The molecule has 2 nitrogen and oxygen atoms in total. The minimum atomic E-state index is 0.582. The van der Waals surface area contributed by atoms with Crippen LogP contribution in [0.4, 0.5) is 0 Å². The van der Waals surface area contributed by atoms with Gasteiger partial charge in [0.1, 0.15) is 0 Å². The van der Waals surface area contributed by atoms with Crippen molar-refractivity contribution < 1.29 is 4.57 Å². The number of nitrogens with zero attached hydrogens (tertiary/aromatic N) is 1. The Hall–Kier alpha value is -1.70. The number of rotatable bonds is 4. The summed E-state index contributed by atoms with van der Waals surface area (Å²) >= 11 is 0. The SMILES string of the molecule is C=C[n+]1ccccc1/C(=C/CC)C(C)=N.